The standard InChI is InChI=1S/C8H9ClN2O3/c1-10-6(12)7(13)11(8(10)14)5-3-2-4-9/h2-3H,4-5H2,1H3/b3-2+. The summed E-state index contributed by atoms with van der Waals surface area (Å²) in [5, 5.41) is 0. The van der Waals surface area contributed by atoms with Gasteiger partial charge in [0.25, 0.3) is 0 Å². The van der Waals surface area contributed by atoms with E-state index in [4.69, 9.17) is 11.6 Å². The van der Waals surface area contributed by atoms with Crippen LogP contribution in [0.1, 0.15) is 0 Å². The third kappa shape index (κ3) is 1.77. The van der Waals surface area contributed by atoms with E-state index in [0.717, 1.165) is 9.80 Å². The molecule has 0 bridgehead atoms. The third-order valence-electron chi connectivity index (χ3n) is 1.79. The first-order chi connectivity index (χ1) is 6.59. The maximum Gasteiger partial charge on any atom is 0.334 e. The lowest BCUT2D eigenvalue weighted by molar-refractivity contribution is -0.142. The Morgan fingerprint density at radius 3 is 2.29 bits per heavy atom. The number of rotatable bonds is 3. The van der Waals surface area contributed by atoms with Gasteiger partial charge in [0.1, 0.15) is 0 Å². The van der Waals surface area contributed by atoms with Gasteiger partial charge in [-0.25, -0.2) is 4.79 Å². The highest BCUT2D eigenvalue weighted by molar-refractivity contribution is 6.44. The number of imide groups is 2. The number of carbonyl (C=O) groups is 3. The van der Waals surface area contributed by atoms with E-state index < -0.39 is 17.8 Å². The first-order valence-electron chi connectivity index (χ1n) is 3.94. The monoisotopic (exact) mass is 216 g/mol. The van der Waals surface area contributed by atoms with Gasteiger partial charge in [-0.15, -0.1) is 11.6 Å². The van der Waals surface area contributed by atoms with Gasteiger partial charge in [0.15, 0.2) is 0 Å². The molecule has 4 amide bonds. The molecule has 0 spiro atoms. The summed E-state index contributed by atoms with van der Waals surface area (Å²) in [7, 11) is 1.27. The van der Waals surface area contributed by atoms with Crippen molar-refractivity contribution >= 4 is 29.4 Å². The molecule has 0 unspecified atom stereocenters. The third-order valence-corrected chi connectivity index (χ3v) is 1.97. The fourth-order valence-corrected chi connectivity index (χ4v) is 1.14. The minimum absolute atomic E-state index is 0.0838. The van der Waals surface area contributed by atoms with Crippen LogP contribution in [0.4, 0.5) is 4.79 Å². The van der Waals surface area contributed by atoms with Crippen molar-refractivity contribution in [2.75, 3.05) is 19.5 Å². The summed E-state index contributed by atoms with van der Waals surface area (Å²) in [6, 6.07) is -0.598. The Kier molecular flexibility index (Phi) is 3.24. The van der Waals surface area contributed by atoms with Crippen molar-refractivity contribution in [3.8, 4) is 0 Å². The highest BCUT2D eigenvalue weighted by Crippen LogP contribution is 2.08. The van der Waals surface area contributed by atoms with Gasteiger partial charge in [0, 0.05) is 19.5 Å². The molecule has 1 fully saturated rings. The van der Waals surface area contributed by atoms with Crippen molar-refractivity contribution in [3.63, 3.8) is 0 Å². The summed E-state index contributed by atoms with van der Waals surface area (Å²) in [5.41, 5.74) is 0. The number of alkyl halides is 1. The predicted octanol–water partition coefficient (Wildman–Crippen LogP) is 0.202. The molecule has 0 saturated carbocycles. The fourth-order valence-electron chi connectivity index (χ4n) is 1.02. The Labute approximate surface area is 85.9 Å². The Morgan fingerprint density at radius 1 is 1.21 bits per heavy atom. The summed E-state index contributed by atoms with van der Waals surface area (Å²) in [5.74, 6) is -1.29. The van der Waals surface area contributed by atoms with E-state index in [9.17, 15) is 14.4 Å². The quantitative estimate of drug-likeness (QED) is 0.293. The number of likely N-dealkylation sites (N-methyl/N-ethyl adjacent to an activating group) is 1. The topological polar surface area (TPSA) is 57.7 Å². The molecule has 0 aromatic carbocycles. The van der Waals surface area contributed by atoms with Gasteiger partial charge in [-0.1, -0.05) is 12.2 Å². The summed E-state index contributed by atoms with van der Waals surface area (Å²) in [6.07, 6.45) is 3.17. The largest absolute Gasteiger partial charge is 0.334 e. The van der Waals surface area contributed by atoms with Crippen molar-refractivity contribution < 1.29 is 14.4 Å². The first kappa shape index (κ1) is 10.7. The van der Waals surface area contributed by atoms with E-state index in [-0.39, 0.29) is 6.54 Å². The predicted molar refractivity (Wildman–Crippen MR) is 49.7 cm³/mol. The molecule has 1 aliphatic heterocycles. The van der Waals surface area contributed by atoms with Crippen molar-refractivity contribution in [2.45, 2.75) is 0 Å². The maximum absolute atomic E-state index is 11.3. The van der Waals surface area contributed by atoms with Crippen molar-refractivity contribution in [1.82, 2.24) is 9.80 Å². The number of hydrogen-bond donors (Lipinski definition) is 0. The van der Waals surface area contributed by atoms with E-state index in [1.165, 1.54) is 7.05 Å². The lowest BCUT2D eigenvalue weighted by atomic mass is 10.4. The van der Waals surface area contributed by atoms with Crippen LogP contribution in [0.2, 0.25) is 0 Å². The molecule has 0 radical (unpaired) electrons. The van der Waals surface area contributed by atoms with Crippen LogP contribution in [0.25, 0.3) is 0 Å². The number of nitrogens with zero attached hydrogens (tertiary/aromatic N) is 2. The van der Waals surface area contributed by atoms with Gasteiger partial charge >= 0.3 is 17.8 Å². The molecular formula is C8H9ClN2O3. The minimum atomic E-state index is -0.797. The molecular weight excluding hydrogens is 208 g/mol. The van der Waals surface area contributed by atoms with Crippen LogP contribution >= 0.6 is 11.6 Å². The van der Waals surface area contributed by atoms with E-state index in [2.05, 4.69) is 0 Å². The maximum atomic E-state index is 11.3. The van der Waals surface area contributed by atoms with Gasteiger partial charge in [-0.05, 0) is 0 Å². The van der Waals surface area contributed by atoms with Crippen LogP contribution in [0.5, 0.6) is 0 Å². The van der Waals surface area contributed by atoms with Crippen molar-refractivity contribution in [3.05, 3.63) is 12.2 Å². The van der Waals surface area contributed by atoms with Crippen LogP contribution in [-0.4, -0.2) is 47.1 Å². The number of hydrogen-bond acceptors (Lipinski definition) is 3. The molecule has 0 N–H and O–H groups in total. The summed E-state index contributed by atoms with van der Waals surface area (Å²) in [4.78, 5) is 35.1. The van der Waals surface area contributed by atoms with Gasteiger partial charge in [0.2, 0.25) is 0 Å². The van der Waals surface area contributed by atoms with Crippen LogP contribution < -0.4 is 0 Å². The molecule has 1 rings (SSSR count). The van der Waals surface area contributed by atoms with Crippen LogP contribution in [0, 0.1) is 0 Å². The van der Waals surface area contributed by atoms with Crippen LogP contribution in [-0.2, 0) is 9.59 Å². The zero-order chi connectivity index (χ0) is 10.7. The average Bonchev–Trinajstić information content (AvgIpc) is 2.35. The van der Waals surface area contributed by atoms with Gasteiger partial charge in [-0.2, -0.15) is 0 Å². The summed E-state index contributed by atoms with van der Waals surface area (Å²) >= 11 is 5.36. The second kappa shape index (κ2) is 4.23. The van der Waals surface area contributed by atoms with Crippen LogP contribution in [0.3, 0.4) is 0 Å². The second-order valence-electron chi connectivity index (χ2n) is 2.69. The molecule has 1 aliphatic rings. The zero-order valence-corrected chi connectivity index (χ0v) is 8.32. The highest BCUT2D eigenvalue weighted by atomic mass is 35.5. The highest BCUT2D eigenvalue weighted by Gasteiger charge is 2.41. The number of halogens is 1. The first-order valence-corrected chi connectivity index (χ1v) is 4.47. The molecule has 1 saturated heterocycles. The molecule has 0 aromatic rings. The smallest absolute Gasteiger partial charge is 0.263 e. The SMILES string of the molecule is CN1C(=O)C(=O)N(C/C=C/CCl)C1=O. The van der Waals surface area contributed by atoms with E-state index in [1.807, 2.05) is 0 Å². The lowest BCUT2D eigenvalue weighted by Crippen LogP contribution is -2.31. The number of urea groups is 1. The van der Waals surface area contributed by atoms with Crippen molar-refractivity contribution in [1.29, 1.82) is 0 Å². The normalized spacial score (nSPS) is 17.7. The van der Waals surface area contributed by atoms with E-state index in [1.54, 1.807) is 12.2 Å². The Bertz CT molecular complexity index is 314. The molecule has 1 heterocycles. The number of amides is 4. The molecule has 0 aromatic heterocycles. The van der Waals surface area contributed by atoms with E-state index in [0.29, 0.717) is 5.88 Å². The summed E-state index contributed by atoms with van der Waals surface area (Å²) < 4.78 is 0. The molecule has 5 nitrogen and oxygen atoms in total. The average molecular weight is 217 g/mol. The number of carbonyl (C=O) groups excluding carboxylic acids is 3. The fraction of sp³-hybridized carbons (Fsp3) is 0.375. The minimum Gasteiger partial charge on any atom is -0.263 e. The Hall–Kier alpha value is -1.36. The molecule has 0 atom stereocenters. The van der Waals surface area contributed by atoms with E-state index >= 15 is 0 Å². The second-order valence-corrected chi connectivity index (χ2v) is 3.00. The molecule has 76 valence electrons. The molecule has 6 heteroatoms. The summed E-state index contributed by atoms with van der Waals surface area (Å²) in [6.45, 7) is 0.0838. The van der Waals surface area contributed by atoms with Crippen molar-refractivity contribution in [2.24, 2.45) is 0 Å². The molecule has 0 aliphatic carbocycles. The van der Waals surface area contributed by atoms with Gasteiger partial charge < -0.3 is 0 Å². The number of allylic oxidation sites excluding steroid dienone is 1. The zero-order valence-electron chi connectivity index (χ0n) is 7.57. The lowest BCUT2D eigenvalue weighted by Gasteiger charge is -2.09. The molecule has 14 heavy (non-hydrogen) atoms. The Morgan fingerprint density at radius 2 is 1.86 bits per heavy atom. The van der Waals surface area contributed by atoms with Gasteiger partial charge in [-0.3, -0.25) is 19.4 Å². The van der Waals surface area contributed by atoms with Crippen LogP contribution in [0.15, 0.2) is 12.2 Å². The Balaban J connectivity index is 2.71. The van der Waals surface area contributed by atoms with Gasteiger partial charge in [0.05, 0.1) is 0 Å².